The summed E-state index contributed by atoms with van der Waals surface area (Å²) in [6, 6.07) is 5.31. The summed E-state index contributed by atoms with van der Waals surface area (Å²) in [5, 5.41) is 12.2. The minimum absolute atomic E-state index is 0.0555. The number of nitrogens with two attached hydrogens (primary N) is 1. The van der Waals surface area contributed by atoms with Crippen molar-refractivity contribution in [1.82, 2.24) is 4.90 Å². The van der Waals surface area contributed by atoms with Crippen LogP contribution in [0.5, 0.6) is 0 Å². The number of nitrogens with zero attached hydrogens (tertiary/aromatic N) is 1. The molecule has 1 atom stereocenters. The number of aliphatic hydroxyl groups is 1. The first-order chi connectivity index (χ1) is 9.45. The summed E-state index contributed by atoms with van der Waals surface area (Å²) >= 11 is 0. The van der Waals surface area contributed by atoms with Gasteiger partial charge in [0.05, 0.1) is 11.4 Å². The van der Waals surface area contributed by atoms with Crippen LogP contribution in [0.15, 0.2) is 18.2 Å². The standard InChI is InChI=1S/C15H25N3O2/c1-11(10-19)5-4-8-17-14-7-6-12(9-13(14)16)15(20)18(2)3/h6-7,9,11,17,19H,4-5,8,10,16H2,1-3H3. The number of rotatable bonds is 7. The van der Waals surface area contributed by atoms with E-state index >= 15 is 0 Å². The Balaban J connectivity index is 2.54. The van der Waals surface area contributed by atoms with Crippen LogP contribution in [0.3, 0.4) is 0 Å². The summed E-state index contributed by atoms with van der Waals surface area (Å²) in [6.45, 7) is 3.05. The molecule has 0 saturated carbocycles. The predicted molar refractivity (Wildman–Crippen MR) is 82.8 cm³/mol. The molecule has 0 bridgehead atoms. The Morgan fingerprint density at radius 2 is 2.15 bits per heavy atom. The van der Waals surface area contributed by atoms with Gasteiger partial charge in [0.15, 0.2) is 0 Å². The molecule has 0 aliphatic heterocycles. The molecule has 0 saturated heterocycles. The van der Waals surface area contributed by atoms with Crippen molar-refractivity contribution in [3.8, 4) is 0 Å². The van der Waals surface area contributed by atoms with E-state index in [9.17, 15) is 4.79 Å². The van der Waals surface area contributed by atoms with Crippen LogP contribution >= 0.6 is 0 Å². The minimum Gasteiger partial charge on any atom is -0.397 e. The summed E-state index contributed by atoms with van der Waals surface area (Å²) < 4.78 is 0. The number of hydrogen-bond acceptors (Lipinski definition) is 4. The number of carbonyl (C=O) groups is 1. The number of nitrogens with one attached hydrogen (secondary N) is 1. The van der Waals surface area contributed by atoms with Gasteiger partial charge in [-0.15, -0.1) is 0 Å². The van der Waals surface area contributed by atoms with Gasteiger partial charge in [0.1, 0.15) is 0 Å². The average Bonchev–Trinajstić information content (AvgIpc) is 2.43. The Hall–Kier alpha value is -1.75. The van der Waals surface area contributed by atoms with Crippen LogP contribution in [0.1, 0.15) is 30.1 Å². The highest BCUT2D eigenvalue weighted by Gasteiger charge is 2.09. The molecule has 112 valence electrons. The number of aliphatic hydroxyl groups excluding tert-OH is 1. The maximum Gasteiger partial charge on any atom is 0.253 e. The smallest absolute Gasteiger partial charge is 0.253 e. The number of amides is 1. The van der Waals surface area contributed by atoms with E-state index in [-0.39, 0.29) is 12.5 Å². The van der Waals surface area contributed by atoms with Crippen LogP contribution in [0.2, 0.25) is 0 Å². The molecule has 5 heteroatoms. The molecule has 1 rings (SSSR count). The molecule has 5 nitrogen and oxygen atoms in total. The van der Waals surface area contributed by atoms with Crippen LogP contribution in [0.25, 0.3) is 0 Å². The second-order valence-corrected chi connectivity index (χ2v) is 5.36. The number of anilines is 2. The molecule has 0 aliphatic rings. The van der Waals surface area contributed by atoms with Crippen molar-refractivity contribution in [1.29, 1.82) is 0 Å². The molecule has 4 N–H and O–H groups in total. The molecule has 20 heavy (non-hydrogen) atoms. The fourth-order valence-electron chi connectivity index (χ4n) is 1.88. The SMILES string of the molecule is CC(CO)CCCNc1ccc(C(=O)N(C)C)cc1N. The summed E-state index contributed by atoms with van der Waals surface area (Å²) in [4.78, 5) is 13.3. The fraction of sp³-hybridized carbons (Fsp3) is 0.533. The first kappa shape index (κ1) is 16.3. The number of carbonyl (C=O) groups excluding carboxylic acids is 1. The molecule has 1 amide bonds. The van der Waals surface area contributed by atoms with Crippen molar-refractivity contribution in [3.63, 3.8) is 0 Å². The van der Waals surface area contributed by atoms with Crippen LogP contribution in [-0.4, -0.2) is 43.2 Å². The Kier molecular flexibility index (Phi) is 6.31. The van der Waals surface area contributed by atoms with E-state index in [0.717, 1.165) is 25.1 Å². The molecule has 0 spiro atoms. The Labute approximate surface area is 120 Å². The second kappa shape index (κ2) is 7.75. The van der Waals surface area contributed by atoms with E-state index in [1.165, 1.54) is 4.90 Å². The lowest BCUT2D eigenvalue weighted by molar-refractivity contribution is 0.0827. The topological polar surface area (TPSA) is 78.6 Å². The predicted octanol–water partition coefficient (Wildman–Crippen LogP) is 1.79. The van der Waals surface area contributed by atoms with E-state index < -0.39 is 0 Å². The first-order valence-electron chi connectivity index (χ1n) is 6.91. The normalized spacial score (nSPS) is 12.0. The molecule has 0 fully saturated rings. The monoisotopic (exact) mass is 279 g/mol. The first-order valence-corrected chi connectivity index (χ1v) is 6.91. The van der Waals surface area contributed by atoms with Gasteiger partial charge in [-0.1, -0.05) is 6.92 Å². The maximum atomic E-state index is 11.8. The highest BCUT2D eigenvalue weighted by molar-refractivity contribution is 5.95. The molecule has 1 unspecified atom stereocenters. The van der Waals surface area contributed by atoms with Crippen molar-refractivity contribution in [3.05, 3.63) is 23.8 Å². The number of hydrogen-bond donors (Lipinski definition) is 3. The van der Waals surface area contributed by atoms with Gasteiger partial charge in [-0.25, -0.2) is 0 Å². The highest BCUT2D eigenvalue weighted by atomic mass is 16.3. The van der Waals surface area contributed by atoms with Gasteiger partial charge >= 0.3 is 0 Å². The largest absolute Gasteiger partial charge is 0.397 e. The zero-order valence-corrected chi connectivity index (χ0v) is 12.5. The molecule has 0 heterocycles. The van der Waals surface area contributed by atoms with Gasteiger partial charge in [0.2, 0.25) is 0 Å². The average molecular weight is 279 g/mol. The third kappa shape index (κ3) is 4.74. The summed E-state index contributed by atoms with van der Waals surface area (Å²) in [6.07, 6.45) is 1.94. The summed E-state index contributed by atoms with van der Waals surface area (Å²) in [5.74, 6) is 0.272. The quantitative estimate of drug-likeness (QED) is 0.525. The van der Waals surface area contributed by atoms with Gasteiger partial charge in [-0.2, -0.15) is 0 Å². The van der Waals surface area contributed by atoms with Crippen LogP contribution in [0, 0.1) is 5.92 Å². The van der Waals surface area contributed by atoms with E-state index in [1.54, 1.807) is 26.2 Å². The second-order valence-electron chi connectivity index (χ2n) is 5.36. The number of benzene rings is 1. The van der Waals surface area contributed by atoms with Gasteiger partial charge in [-0.05, 0) is 37.0 Å². The maximum absolute atomic E-state index is 11.8. The van der Waals surface area contributed by atoms with E-state index in [4.69, 9.17) is 10.8 Å². The Morgan fingerprint density at radius 1 is 1.45 bits per heavy atom. The van der Waals surface area contributed by atoms with Crippen molar-refractivity contribution in [2.75, 3.05) is 38.3 Å². The molecule has 1 aromatic rings. The Bertz CT molecular complexity index is 447. The third-order valence-corrected chi connectivity index (χ3v) is 3.21. The fourth-order valence-corrected chi connectivity index (χ4v) is 1.88. The lowest BCUT2D eigenvalue weighted by Crippen LogP contribution is -2.21. The molecule has 0 aromatic heterocycles. The van der Waals surface area contributed by atoms with Gasteiger partial charge in [-0.3, -0.25) is 4.79 Å². The van der Waals surface area contributed by atoms with Gasteiger partial charge < -0.3 is 21.1 Å². The van der Waals surface area contributed by atoms with Gasteiger partial charge in [0.25, 0.3) is 5.91 Å². The van der Waals surface area contributed by atoms with Crippen LogP contribution in [-0.2, 0) is 0 Å². The lowest BCUT2D eigenvalue weighted by Gasteiger charge is -2.14. The van der Waals surface area contributed by atoms with Crippen LogP contribution in [0.4, 0.5) is 11.4 Å². The third-order valence-electron chi connectivity index (χ3n) is 3.21. The molecular formula is C15H25N3O2. The summed E-state index contributed by atoms with van der Waals surface area (Å²) in [5.41, 5.74) is 7.97. The molecular weight excluding hydrogens is 254 g/mol. The van der Waals surface area contributed by atoms with Crippen molar-refractivity contribution < 1.29 is 9.90 Å². The Morgan fingerprint density at radius 3 is 2.70 bits per heavy atom. The van der Waals surface area contributed by atoms with Crippen LogP contribution < -0.4 is 11.1 Å². The van der Waals surface area contributed by atoms with Crippen molar-refractivity contribution >= 4 is 17.3 Å². The highest BCUT2D eigenvalue weighted by Crippen LogP contribution is 2.20. The lowest BCUT2D eigenvalue weighted by atomic mass is 10.1. The van der Waals surface area contributed by atoms with E-state index in [2.05, 4.69) is 5.32 Å². The van der Waals surface area contributed by atoms with Gasteiger partial charge in [0, 0.05) is 32.8 Å². The van der Waals surface area contributed by atoms with E-state index in [1.807, 2.05) is 13.0 Å². The molecule has 1 aromatic carbocycles. The zero-order valence-electron chi connectivity index (χ0n) is 12.5. The molecule has 0 radical (unpaired) electrons. The van der Waals surface area contributed by atoms with Crippen molar-refractivity contribution in [2.24, 2.45) is 5.92 Å². The minimum atomic E-state index is -0.0555. The zero-order chi connectivity index (χ0) is 15.1. The van der Waals surface area contributed by atoms with Crippen molar-refractivity contribution in [2.45, 2.75) is 19.8 Å². The number of nitrogen functional groups attached to an aromatic ring is 1. The summed E-state index contributed by atoms with van der Waals surface area (Å²) in [7, 11) is 3.43. The van der Waals surface area contributed by atoms with E-state index in [0.29, 0.717) is 17.2 Å². The molecule has 0 aliphatic carbocycles.